The SMILES string of the molecule is O[C@@H]1C[C@H]2CN(c3nnc4ccccn34)C[C@H]2C[C@H]1n1cncn1. The molecule has 0 radical (unpaired) electrons. The Morgan fingerprint density at radius 1 is 1.08 bits per heavy atom. The Bertz CT molecular complexity index is 845. The lowest BCUT2D eigenvalue weighted by Gasteiger charge is -2.34. The van der Waals surface area contributed by atoms with Gasteiger partial charge < -0.3 is 10.0 Å². The van der Waals surface area contributed by atoms with Crippen LogP contribution >= 0.6 is 0 Å². The molecule has 0 unspecified atom stereocenters. The van der Waals surface area contributed by atoms with Gasteiger partial charge in [-0.15, -0.1) is 10.2 Å². The van der Waals surface area contributed by atoms with Crippen molar-refractivity contribution in [1.29, 1.82) is 0 Å². The molecule has 3 aromatic rings. The summed E-state index contributed by atoms with van der Waals surface area (Å²) in [6.07, 6.45) is 6.57. The van der Waals surface area contributed by atoms with Crippen LogP contribution in [0.3, 0.4) is 0 Å². The van der Waals surface area contributed by atoms with Gasteiger partial charge in [-0.2, -0.15) is 5.10 Å². The first-order valence-electron chi connectivity index (χ1n) is 8.36. The molecular weight excluding hydrogens is 306 g/mol. The van der Waals surface area contributed by atoms with Crippen molar-refractivity contribution in [3.05, 3.63) is 37.1 Å². The van der Waals surface area contributed by atoms with Crippen molar-refractivity contribution in [2.75, 3.05) is 18.0 Å². The number of nitrogens with zero attached hydrogens (tertiary/aromatic N) is 7. The number of aromatic nitrogens is 6. The van der Waals surface area contributed by atoms with Crippen molar-refractivity contribution < 1.29 is 5.11 Å². The number of hydrogen-bond acceptors (Lipinski definition) is 6. The van der Waals surface area contributed by atoms with Gasteiger partial charge in [-0.3, -0.25) is 4.40 Å². The molecule has 1 saturated carbocycles. The molecule has 2 fully saturated rings. The number of hydrogen-bond donors (Lipinski definition) is 1. The van der Waals surface area contributed by atoms with Crippen molar-refractivity contribution in [3.63, 3.8) is 0 Å². The average Bonchev–Trinajstić information content (AvgIpc) is 3.32. The molecule has 1 N–H and O–H groups in total. The molecule has 24 heavy (non-hydrogen) atoms. The number of anilines is 1. The van der Waals surface area contributed by atoms with Crippen LogP contribution in [-0.4, -0.2) is 53.7 Å². The van der Waals surface area contributed by atoms with Crippen molar-refractivity contribution >= 4 is 11.6 Å². The van der Waals surface area contributed by atoms with Gasteiger partial charge >= 0.3 is 0 Å². The maximum Gasteiger partial charge on any atom is 0.231 e. The van der Waals surface area contributed by atoms with E-state index >= 15 is 0 Å². The van der Waals surface area contributed by atoms with E-state index in [4.69, 9.17) is 0 Å². The number of fused-ring (bicyclic) bond motifs is 2. The molecule has 1 aliphatic carbocycles. The van der Waals surface area contributed by atoms with E-state index < -0.39 is 0 Å². The van der Waals surface area contributed by atoms with Gasteiger partial charge in [0.05, 0.1) is 12.1 Å². The normalized spacial score (nSPS) is 30.0. The Balaban J connectivity index is 1.40. The Labute approximate surface area is 138 Å². The lowest BCUT2D eigenvalue weighted by Crippen LogP contribution is -2.36. The standard InChI is InChI=1S/C16H19N7O/c24-14-6-12-8-21(16-20-19-15-3-1-2-4-22(15)16)7-11(12)5-13(14)23-10-17-9-18-23/h1-4,9-14,24H,5-8H2/t11-,12+,13-,14-/m1/s1. The quantitative estimate of drug-likeness (QED) is 0.749. The van der Waals surface area contributed by atoms with Gasteiger partial charge in [0.2, 0.25) is 5.95 Å². The monoisotopic (exact) mass is 325 g/mol. The second-order valence-corrected chi connectivity index (χ2v) is 6.84. The second kappa shape index (κ2) is 5.27. The zero-order valence-electron chi connectivity index (χ0n) is 13.2. The van der Waals surface area contributed by atoms with Gasteiger partial charge in [0.25, 0.3) is 0 Å². The van der Waals surface area contributed by atoms with Crippen molar-refractivity contribution in [3.8, 4) is 0 Å². The molecule has 5 rings (SSSR count). The first kappa shape index (κ1) is 13.9. The van der Waals surface area contributed by atoms with Crippen molar-refractivity contribution in [2.24, 2.45) is 11.8 Å². The highest BCUT2D eigenvalue weighted by molar-refractivity contribution is 5.47. The molecule has 1 aliphatic heterocycles. The molecule has 124 valence electrons. The molecule has 1 saturated heterocycles. The fourth-order valence-electron chi connectivity index (χ4n) is 4.29. The van der Waals surface area contributed by atoms with Gasteiger partial charge in [0, 0.05) is 19.3 Å². The number of pyridine rings is 1. The van der Waals surface area contributed by atoms with Crippen LogP contribution in [0.1, 0.15) is 18.9 Å². The van der Waals surface area contributed by atoms with E-state index in [1.54, 1.807) is 11.0 Å². The Hall–Kier alpha value is -2.48. The molecule has 0 bridgehead atoms. The second-order valence-electron chi connectivity index (χ2n) is 6.84. The fourth-order valence-corrected chi connectivity index (χ4v) is 4.29. The summed E-state index contributed by atoms with van der Waals surface area (Å²) in [5.41, 5.74) is 0.864. The summed E-state index contributed by atoms with van der Waals surface area (Å²) < 4.78 is 3.83. The number of aliphatic hydroxyl groups excluding tert-OH is 1. The summed E-state index contributed by atoms with van der Waals surface area (Å²) in [7, 11) is 0. The summed E-state index contributed by atoms with van der Waals surface area (Å²) in [6, 6.07) is 5.94. The molecule has 8 nitrogen and oxygen atoms in total. The van der Waals surface area contributed by atoms with E-state index in [1.165, 1.54) is 6.33 Å². The zero-order valence-corrected chi connectivity index (χ0v) is 13.2. The van der Waals surface area contributed by atoms with Crippen molar-refractivity contribution in [1.82, 2.24) is 29.4 Å². The summed E-state index contributed by atoms with van der Waals surface area (Å²) >= 11 is 0. The summed E-state index contributed by atoms with van der Waals surface area (Å²) in [6.45, 7) is 1.86. The van der Waals surface area contributed by atoms with Gasteiger partial charge in [0.15, 0.2) is 5.65 Å². The maximum absolute atomic E-state index is 10.5. The van der Waals surface area contributed by atoms with Gasteiger partial charge in [-0.05, 0) is 36.8 Å². The van der Waals surface area contributed by atoms with E-state index in [-0.39, 0.29) is 12.1 Å². The first-order chi connectivity index (χ1) is 11.8. The molecule has 0 aromatic carbocycles. The number of aliphatic hydroxyl groups is 1. The Morgan fingerprint density at radius 2 is 1.96 bits per heavy atom. The van der Waals surface area contributed by atoms with E-state index in [2.05, 4.69) is 25.2 Å². The minimum atomic E-state index is -0.372. The summed E-state index contributed by atoms with van der Waals surface area (Å²) in [5, 5.41) is 23.4. The third-order valence-corrected chi connectivity index (χ3v) is 5.46. The van der Waals surface area contributed by atoms with Crippen molar-refractivity contribution in [2.45, 2.75) is 25.0 Å². The fraction of sp³-hybridized carbons (Fsp3) is 0.500. The molecule has 0 amide bonds. The van der Waals surface area contributed by atoms with E-state index in [9.17, 15) is 5.11 Å². The van der Waals surface area contributed by atoms with Crippen LogP contribution in [0, 0.1) is 11.8 Å². The smallest absolute Gasteiger partial charge is 0.231 e. The van der Waals surface area contributed by atoms with Gasteiger partial charge in [0.1, 0.15) is 12.7 Å². The molecule has 8 heteroatoms. The highest BCUT2D eigenvalue weighted by Gasteiger charge is 2.43. The van der Waals surface area contributed by atoms with Crippen LogP contribution in [0.5, 0.6) is 0 Å². The van der Waals surface area contributed by atoms with E-state index in [1.807, 2.05) is 28.8 Å². The predicted molar refractivity (Wildman–Crippen MR) is 86.5 cm³/mol. The predicted octanol–water partition coefficient (Wildman–Crippen LogP) is 0.769. The van der Waals surface area contributed by atoms with E-state index in [0.717, 1.165) is 37.5 Å². The topological polar surface area (TPSA) is 84.4 Å². The molecule has 2 aliphatic rings. The molecule has 4 atom stereocenters. The first-order valence-corrected chi connectivity index (χ1v) is 8.36. The van der Waals surface area contributed by atoms with E-state index in [0.29, 0.717) is 11.8 Å². The summed E-state index contributed by atoms with van der Waals surface area (Å²) in [4.78, 5) is 6.31. The molecular formula is C16H19N7O. The highest BCUT2D eigenvalue weighted by atomic mass is 16.3. The van der Waals surface area contributed by atoms with Gasteiger partial charge in [-0.25, -0.2) is 9.67 Å². The molecule has 3 aromatic heterocycles. The minimum Gasteiger partial charge on any atom is -0.391 e. The Kier molecular flexibility index (Phi) is 3.05. The summed E-state index contributed by atoms with van der Waals surface area (Å²) in [5.74, 6) is 1.90. The van der Waals surface area contributed by atoms with Crippen LogP contribution in [0.15, 0.2) is 37.1 Å². The largest absolute Gasteiger partial charge is 0.391 e. The third kappa shape index (κ3) is 2.10. The zero-order chi connectivity index (χ0) is 16.1. The maximum atomic E-state index is 10.5. The van der Waals surface area contributed by atoms with Crippen LogP contribution in [0.2, 0.25) is 0 Å². The Morgan fingerprint density at radius 3 is 2.79 bits per heavy atom. The van der Waals surface area contributed by atoms with Crippen LogP contribution in [0.25, 0.3) is 5.65 Å². The van der Waals surface area contributed by atoms with Gasteiger partial charge in [-0.1, -0.05) is 6.07 Å². The minimum absolute atomic E-state index is 0.0174. The third-order valence-electron chi connectivity index (χ3n) is 5.46. The molecule has 4 heterocycles. The lowest BCUT2D eigenvalue weighted by atomic mass is 9.77. The van der Waals surface area contributed by atoms with Crippen LogP contribution in [-0.2, 0) is 0 Å². The lowest BCUT2D eigenvalue weighted by molar-refractivity contribution is 0.0305. The van der Waals surface area contributed by atoms with Crippen LogP contribution < -0.4 is 4.90 Å². The highest BCUT2D eigenvalue weighted by Crippen LogP contribution is 2.41. The van der Waals surface area contributed by atoms with Crippen LogP contribution in [0.4, 0.5) is 5.95 Å². The molecule has 0 spiro atoms. The number of rotatable bonds is 2. The average molecular weight is 325 g/mol.